The summed E-state index contributed by atoms with van der Waals surface area (Å²) >= 11 is 0.823. The maximum atomic E-state index is 13.9. The van der Waals surface area contributed by atoms with Gasteiger partial charge in [-0.25, -0.2) is 26.9 Å². The second-order valence-corrected chi connectivity index (χ2v) is 8.97. The van der Waals surface area contributed by atoms with Gasteiger partial charge in [0.05, 0.1) is 17.1 Å². The Bertz CT molecular complexity index is 1180. The highest BCUT2D eigenvalue weighted by Gasteiger charge is 2.24. The number of anilines is 3. The molecule has 1 heterocycles. The van der Waals surface area contributed by atoms with Crippen molar-refractivity contribution in [2.24, 2.45) is 0 Å². The van der Waals surface area contributed by atoms with Crippen molar-refractivity contribution in [2.75, 3.05) is 31.3 Å². The number of nitrogens with one attached hydrogen (secondary N) is 2. The van der Waals surface area contributed by atoms with Crippen LogP contribution in [0.25, 0.3) is 0 Å². The van der Waals surface area contributed by atoms with E-state index in [-0.39, 0.29) is 33.9 Å². The number of ether oxygens (including phenoxy) is 1. The maximum Gasteiger partial charge on any atom is 0.240 e. The van der Waals surface area contributed by atoms with Crippen molar-refractivity contribution in [3.05, 3.63) is 64.5 Å². The van der Waals surface area contributed by atoms with Crippen LogP contribution in [0, 0.1) is 11.6 Å². The topological polar surface area (TPSA) is 123 Å². The minimum Gasteiger partial charge on any atom is -0.383 e. The highest BCUT2D eigenvalue weighted by atomic mass is 32.2. The van der Waals surface area contributed by atoms with Crippen LogP contribution in [0.4, 0.5) is 25.4 Å². The van der Waals surface area contributed by atoms with Gasteiger partial charge in [-0.1, -0.05) is 17.4 Å². The Morgan fingerprint density at radius 1 is 1.16 bits per heavy atom. The lowest BCUT2D eigenvalue weighted by molar-refractivity contribution is 0.103. The maximum absolute atomic E-state index is 13.9. The first-order valence-electron chi connectivity index (χ1n) is 8.83. The molecule has 164 valence electrons. The van der Waals surface area contributed by atoms with Gasteiger partial charge in [0.15, 0.2) is 5.13 Å². The first kappa shape index (κ1) is 22.7. The zero-order chi connectivity index (χ0) is 22.6. The monoisotopic (exact) mass is 468 g/mol. The number of hydrogen-bond donors (Lipinski definition) is 3. The Morgan fingerprint density at radius 2 is 1.81 bits per heavy atom. The third-order valence-electron chi connectivity index (χ3n) is 4.06. The fourth-order valence-electron chi connectivity index (χ4n) is 2.58. The second-order valence-electron chi connectivity index (χ2n) is 6.20. The van der Waals surface area contributed by atoms with Crippen LogP contribution in [-0.4, -0.2) is 39.4 Å². The van der Waals surface area contributed by atoms with Gasteiger partial charge in [-0.2, -0.15) is 0 Å². The summed E-state index contributed by atoms with van der Waals surface area (Å²) in [6.07, 6.45) is 0. The van der Waals surface area contributed by atoms with Gasteiger partial charge in [0, 0.05) is 19.3 Å². The van der Waals surface area contributed by atoms with Crippen molar-refractivity contribution in [3.8, 4) is 0 Å². The number of nitrogen functional groups attached to an aromatic ring is 1. The number of nitrogens with zero attached hydrogens (tertiary/aromatic N) is 1. The number of hydrogen-bond acceptors (Lipinski definition) is 8. The van der Waals surface area contributed by atoms with Gasteiger partial charge in [-0.05, 0) is 36.4 Å². The van der Waals surface area contributed by atoms with Gasteiger partial charge in [0.2, 0.25) is 15.8 Å². The van der Waals surface area contributed by atoms with E-state index in [2.05, 4.69) is 15.0 Å². The average molecular weight is 469 g/mol. The molecule has 0 atom stereocenters. The van der Waals surface area contributed by atoms with Crippen LogP contribution in [-0.2, 0) is 14.8 Å². The lowest BCUT2D eigenvalue weighted by Gasteiger charge is -2.07. The molecule has 0 aliphatic carbocycles. The van der Waals surface area contributed by atoms with E-state index in [1.54, 1.807) is 0 Å². The minimum atomic E-state index is -3.68. The van der Waals surface area contributed by atoms with Crippen molar-refractivity contribution < 1.29 is 26.7 Å². The SMILES string of the molecule is COCCNS(=O)(=O)c1ccc(Nc2nc(N)c(C(=O)c3c(F)cccc3F)s2)cc1. The van der Waals surface area contributed by atoms with Crippen LogP contribution in [0.2, 0.25) is 0 Å². The molecule has 0 bridgehead atoms. The molecular formula is C19H18F2N4O4S2. The van der Waals surface area contributed by atoms with E-state index in [1.165, 1.54) is 31.4 Å². The lowest BCUT2D eigenvalue weighted by Crippen LogP contribution is -2.27. The molecule has 4 N–H and O–H groups in total. The van der Waals surface area contributed by atoms with Crippen LogP contribution >= 0.6 is 11.3 Å². The highest BCUT2D eigenvalue weighted by molar-refractivity contribution is 7.89. The number of methoxy groups -OCH3 is 1. The molecule has 3 rings (SSSR count). The van der Waals surface area contributed by atoms with Gasteiger partial charge in [0.1, 0.15) is 22.3 Å². The summed E-state index contributed by atoms with van der Waals surface area (Å²) in [6.45, 7) is 0.374. The first-order valence-corrected chi connectivity index (χ1v) is 11.1. The fourth-order valence-corrected chi connectivity index (χ4v) is 4.44. The molecule has 12 heteroatoms. The number of carbonyl (C=O) groups is 1. The van der Waals surface area contributed by atoms with E-state index in [0.29, 0.717) is 5.69 Å². The smallest absolute Gasteiger partial charge is 0.240 e. The van der Waals surface area contributed by atoms with E-state index in [1.807, 2.05) is 0 Å². The molecule has 0 saturated heterocycles. The van der Waals surface area contributed by atoms with Gasteiger partial charge in [0.25, 0.3) is 0 Å². The number of rotatable bonds is 9. The molecule has 0 saturated carbocycles. The molecule has 2 aromatic carbocycles. The van der Waals surface area contributed by atoms with Crippen LogP contribution in [0.3, 0.4) is 0 Å². The number of sulfonamides is 1. The van der Waals surface area contributed by atoms with Crippen molar-refractivity contribution >= 4 is 43.8 Å². The predicted octanol–water partition coefficient (Wildman–Crippen LogP) is 2.90. The van der Waals surface area contributed by atoms with Crippen LogP contribution in [0.5, 0.6) is 0 Å². The minimum absolute atomic E-state index is 0.0544. The van der Waals surface area contributed by atoms with E-state index in [0.717, 1.165) is 29.5 Å². The molecule has 0 aliphatic heterocycles. The fraction of sp³-hybridized carbons (Fsp3) is 0.158. The standard InChI is InChI=1S/C19H18F2N4O4S2/c1-29-10-9-23-31(27,28)12-7-5-11(6-8-12)24-19-25-18(22)17(30-19)16(26)15-13(20)3-2-4-14(15)21/h2-8,23H,9-10,22H2,1H3,(H,24,25). The van der Waals surface area contributed by atoms with Gasteiger partial charge in [-0.15, -0.1) is 0 Å². The first-order chi connectivity index (χ1) is 14.7. The van der Waals surface area contributed by atoms with Crippen molar-refractivity contribution in [1.82, 2.24) is 9.71 Å². The van der Waals surface area contributed by atoms with Crippen molar-refractivity contribution in [1.29, 1.82) is 0 Å². The summed E-state index contributed by atoms with van der Waals surface area (Å²) < 4.78 is 59.4. The summed E-state index contributed by atoms with van der Waals surface area (Å²) in [5.41, 5.74) is 5.53. The van der Waals surface area contributed by atoms with E-state index in [4.69, 9.17) is 10.5 Å². The quantitative estimate of drug-likeness (QED) is 0.326. The number of halogens is 2. The van der Waals surface area contributed by atoms with Gasteiger partial charge in [-0.3, -0.25) is 4.79 Å². The number of ketones is 1. The summed E-state index contributed by atoms with van der Waals surface area (Å²) in [5.74, 6) is -3.09. The van der Waals surface area contributed by atoms with Crippen LogP contribution in [0.15, 0.2) is 47.4 Å². The number of benzene rings is 2. The summed E-state index contributed by atoms with van der Waals surface area (Å²) in [5, 5.41) is 3.08. The number of carbonyl (C=O) groups excluding carboxylic acids is 1. The Hall–Kier alpha value is -2.93. The largest absolute Gasteiger partial charge is 0.383 e. The normalized spacial score (nSPS) is 11.5. The van der Waals surface area contributed by atoms with E-state index in [9.17, 15) is 22.0 Å². The van der Waals surface area contributed by atoms with Crippen LogP contribution in [0.1, 0.15) is 15.2 Å². The molecule has 1 aromatic heterocycles. The molecule has 8 nitrogen and oxygen atoms in total. The van der Waals surface area contributed by atoms with Crippen molar-refractivity contribution in [3.63, 3.8) is 0 Å². The van der Waals surface area contributed by atoms with Crippen molar-refractivity contribution in [2.45, 2.75) is 4.90 Å². The Balaban J connectivity index is 1.77. The predicted molar refractivity (Wildman–Crippen MR) is 113 cm³/mol. The Labute approximate surface area is 181 Å². The van der Waals surface area contributed by atoms with Gasteiger partial charge >= 0.3 is 0 Å². The summed E-state index contributed by atoms with van der Waals surface area (Å²) in [4.78, 5) is 16.5. The van der Waals surface area contributed by atoms with Gasteiger partial charge < -0.3 is 15.8 Å². The van der Waals surface area contributed by atoms with E-state index >= 15 is 0 Å². The highest BCUT2D eigenvalue weighted by Crippen LogP contribution is 2.31. The molecule has 0 spiro atoms. The molecular weight excluding hydrogens is 450 g/mol. The average Bonchev–Trinajstić information content (AvgIpc) is 3.08. The molecule has 0 amide bonds. The Morgan fingerprint density at radius 3 is 2.42 bits per heavy atom. The summed E-state index contributed by atoms with van der Waals surface area (Å²) in [7, 11) is -2.22. The molecule has 3 aromatic rings. The lowest BCUT2D eigenvalue weighted by atomic mass is 10.1. The zero-order valence-electron chi connectivity index (χ0n) is 16.2. The molecule has 0 radical (unpaired) electrons. The van der Waals surface area contributed by atoms with Crippen LogP contribution < -0.4 is 15.8 Å². The molecule has 31 heavy (non-hydrogen) atoms. The number of thiazole rings is 1. The van der Waals surface area contributed by atoms with E-state index < -0.39 is 33.0 Å². The molecule has 0 fully saturated rings. The second kappa shape index (κ2) is 9.47. The zero-order valence-corrected chi connectivity index (χ0v) is 17.8. The number of aromatic nitrogens is 1. The molecule has 0 aliphatic rings. The third kappa shape index (κ3) is 5.22. The summed E-state index contributed by atoms with van der Waals surface area (Å²) in [6, 6.07) is 8.88. The third-order valence-corrected chi connectivity index (χ3v) is 6.53. The Kier molecular flexibility index (Phi) is 6.95. The molecule has 0 unspecified atom stereocenters. The number of nitrogens with two attached hydrogens (primary N) is 1.